The van der Waals surface area contributed by atoms with Gasteiger partial charge in [0, 0.05) is 18.1 Å². The van der Waals surface area contributed by atoms with Crippen LogP contribution >= 0.6 is 11.3 Å². The molecule has 2 heterocycles. The molecule has 0 unspecified atom stereocenters. The highest BCUT2D eigenvalue weighted by Gasteiger charge is 2.11. The minimum atomic E-state index is -0.00127. The third kappa shape index (κ3) is 2.62. The average molecular weight is 246 g/mol. The molecule has 0 aliphatic rings. The van der Waals surface area contributed by atoms with Crippen LogP contribution in [0.3, 0.4) is 0 Å². The van der Waals surface area contributed by atoms with Crippen LogP contribution in [0.5, 0.6) is 0 Å². The number of nitrogens with zero attached hydrogens (tertiary/aromatic N) is 2. The first-order chi connectivity index (χ1) is 8.18. The minimum Gasteiger partial charge on any atom is -0.382 e. The maximum Gasteiger partial charge on any atom is 0.143 e. The lowest BCUT2D eigenvalue weighted by Crippen LogP contribution is -2.22. The summed E-state index contributed by atoms with van der Waals surface area (Å²) in [5, 5.41) is 9.56. The van der Waals surface area contributed by atoms with Gasteiger partial charge in [0.2, 0.25) is 0 Å². The van der Waals surface area contributed by atoms with E-state index in [-0.39, 0.29) is 5.84 Å². The first-order valence-corrected chi connectivity index (χ1v) is 6.09. The Hall–Kier alpha value is -1.88. The summed E-state index contributed by atoms with van der Waals surface area (Å²) < 4.78 is 0. The van der Waals surface area contributed by atoms with E-state index in [1.54, 1.807) is 17.5 Å². The van der Waals surface area contributed by atoms with Crippen molar-refractivity contribution >= 4 is 22.9 Å². The fourth-order valence-electron chi connectivity index (χ4n) is 1.63. The van der Waals surface area contributed by atoms with Crippen molar-refractivity contribution in [2.75, 3.05) is 11.9 Å². The highest BCUT2D eigenvalue weighted by atomic mass is 32.1. The first-order valence-electron chi connectivity index (χ1n) is 5.21. The molecule has 0 saturated carbocycles. The largest absolute Gasteiger partial charge is 0.382 e. The van der Waals surface area contributed by atoms with Crippen LogP contribution < -0.4 is 10.6 Å². The quantitative estimate of drug-likeness (QED) is 0.641. The molecule has 0 aromatic carbocycles. The summed E-state index contributed by atoms with van der Waals surface area (Å²) >= 11 is 1.71. The van der Waals surface area contributed by atoms with Gasteiger partial charge >= 0.3 is 0 Å². The van der Waals surface area contributed by atoms with Gasteiger partial charge in [0.25, 0.3) is 0 Å². The molecule has 0 radical (unpaired) electrons. The maximum atomic E-state index is 7.51. The summed E-state index contributed by atoms with van der Waals surface area (Å²) in [4.78, 5) is 7.46. The van der Waals surface area contributed by atoms with Crippen molar-refractivity contribution in [3.63, 3.8) is 0 Å². The van der Waals surface area contributed by atoms with Crippen molar-refractivity contribution in [2.24, 2.45) is 5.73 Å². The van der Waals surface area contributed by atoms with Crippen molar-refractivity contribution in [3.8, 4) is 0 Å². The summed E-state index contributed by atoms with van der Waals surface area (Å²) in [5.74, 6) is -0.00127. The molecule has 0 fully saturated rings. The number of nitrogens with one attached hydrogen (secondary N) is 1. The number of hydrogen-bond donors (Lipinski definition) is 2. The zero-order valence-electron chi connectivity index (χ0n) is 9.55. The summed E-state index contributed by atoms with van der Waals surface area (Å²) in [7, 11) is 1.98. The van der Waals surface area contributed by atoms with E-state index >= 15 is 0 Å². The lowest BCUT2D eigenvalue weighted by molar-refractivity contribution is 0.931. The van der Waals surface area contributed by atoms with Gasteiger partial charge in [0.1, 0.15) is 11.5 Å². The van der Waals surface area contributed by atoms with Gasteiger partial charge in [-0.05, 0) is 23.6 Å². The van der Waals surface area contributed by atoms with Gasteiger partial charge in [0.15, 0.2) is 0 Å². The van der Waals surface area contributed by atoms with Crippen LogP contribution in [0.25, 0.3) is 0 Å². The molecule has 0 atom stereocenters. The van der Waals surface area contributed by atoms with Crippen molar-refractivity contribution < 1.29 is 0 Å². The molecule has 2 aromatic heterocycles. The van der Waals surface area contributed by atoms with E-state index in [9.17, 15) is 0 Å². The summed E-state index contributed by atoms with van der Waals surface area (Å²) in [6.45, 7) is 0.795. The number of rotatable bonds is 4. The Kier molecular flexibility index (Phi) is 3.39. The zero-order chi connectivity index (χ0) is 12.3. The highest BCUT2D eigenvalue weighted by molar-refractivity contribution is 7.09. The molecule has 0 spiro atoms. The number of nitrogens with two attached hydrogens (primary N) is 1. The summed E-state index contributed by atoms with van der Waals surface area (Å²) in [6.07, 6.45) is 1.65. The SMILES string of the molecule is CN(Cc1cccs1)c1cccnc1C(=N)N. The molecular formula is C12H14N4S. The fraction of sp³-hybridized carbons (Fsp3) is 0.167. The highest BCUT2D eigenvalue weighted by Crippen LogP contribution is 2.20. The van der Waals surface area contributed by atoms with Crippen LogP contribution in [0.2, 0.25) is 0 Å². The monoisotopic (exact) mass is 246 g/mol. The summed E-state index contributed by atoms with van der Waals surface area (Å²) in [5.41, 5.74) is 6.94. The third-order valence-corrected chi connectivity index (χ3v) is 3.29. The zero-order valence-corrected chi connectivity index (χ0v) is 10.4. The van der Waals surface area contributed by atoms with E-state index in [0.29, 0.717) is 5.69 Å². The Bertz CT molecular complexity index is 507. The van der Waals surface area contributed by atoms with Gasteiger partial charge in [-0.2, -0.15) is 0 Å². The number of thiophene rings is 1. The van der Waals surface area contributed by atoms with Crippen molar-refractivity contribution in [1.29, 1.82) is 5.41 Å². The third-order valence-electron chi connectivity index (χ3n) is 2.43. The van der Waals surface area contributed by atoms with Crippen LogP contribution in [0, 0.1) is 5.41 Å². The minimum absolute atomic E-state index is 0.00127. The molecule has 17 heavy (non-hydrogen) atoms. The van der Waals surface area contributed by atoms with E-state index in [2.05, 4.69) is 21.3 Å². The van der Waals surface area contributed by atoms with Crippen LogP contribution in [0.4, 0.5) is 5.69 Å². The second-order valence-electron chi connectivity index (χ2n) is 3.72. The number of hydrogen-bond acceptors (Lipinski definition) is 4. The normalized spacial score (nSPS) is 10.2. The molecule has 2 aromatic rings. The first kappa shape index (κ1) is 11.6. The lowest BCUT2D eigenvalue weighted by Gasteiger charge is -2.20. The van der Waals surface area contributed by atoms with Gasteiger partial charge in [-0.3, -0.25) is 10.4 Å². The maximum absolute atomic E-state index is 7.51. The molecule has 5 heteroatoms. The summed E-state index contributed by atoms with van der Waals surface area (Å²) in [6, 6.07) is 7.90. The Labute approximate surface area is 104 Å². The Balaban J connectivity index is 2.24. The molecule has 0 aliphatic heterocycles. The molecule has 0 bridgehead atoms. The van der Waals surface area contributed by atoms with E-state index in [1.165, 1.54) is 4.88 Å². The van der Waals surface area contributed by atoms with Gasteiger partial charge in [0.05, 0.1) is 12.2 Å². The smallest absolute Gasteiger partial charge is 0.143 e. The van der Waals surface area contributed by atoms with Crippen molar-refractivity contribution in [3.05, 3.63) is 46.4 Å². The molecule has 3 N–H and O–H groups in total. The van der Waals surface area contributed by atoms with E-state index in [1.807, 2.05) is 25.2 Å². The van der Waals surface area contributed by atoms with Crippen LogP contribution in [-0.2, 0) is 6.54 Å². The van der Waals surface area contributed by atoms with Gasteiger partial charge in [-0.1, -0.05) is 6.07 Å². The molecule has 88 valence electrons. The Morgan fingerprint density at radius 3 is 2.94 bits per heavy atom. The molecule has 4 nitrogen and oxygen atoms in total. The van der Waals surface area contributed by atoms with Crippen LogP contribution in [0.15, 0.2) is 35.8 Å². The predicted molar refractivity (Wildman–Crippen MR) is 71.7 cm³/mol. The van der Waals surface area contributed by atoms with E-state index < -0.39 is 0 Å². The van der Waals surface area contributed by atoms with Gasteiger partial charge < -0.3 is 10.6 Å². The second kappa shape index (κ2) is 4.97. The topological polar surface area (TPSA) is 66.0 Å². The van der Waals surface area contributed by atoms with Crippen molar-refractivity contribution in [1.82, 2.24) is 4.98 Å². The Morgan fingerprint density at radius 2 is 2.29 bits per heavy atom. The second-order valence-corrected chi connectivity index (χ2v) is 4.75. The predicted octanol–water partition coefficient (Wildman–Crippen LogP) is 2.06. The lowest BCUT2D eigenvalue weighted by atomic mass is 10.2. The standard InChI is InChI=1S/C12H14N4S/c1-16(8-9-4-3-7-17-9)10-5-2-6-15-11(10)12(13)14/h2-7H,8H2,1H3,(H3,13,14). The van der Waals surface area contributed by atoms with Crippen molar-refractivity contribution in [2.45, 2.75) is 6.54 Å². The molecule has 0 aliphatic carbocycles. The van der Waals surface area contributed by atoms with Gasteiger partial charge in [-0.25, -0.2) is 0 Å². The molecule has 0 saturated heterocycles. The fourth-order valence-corrected chi connectivity index (χ4v) is 2.39. The molecule has 2 rings (SSSR count). The number of amidine groups is 1. The number of anilines is 1. The number of nitrogen functional groups attached to an aromatic ring is 1. The Morgan fingerprint density at radius 1 is 1.47 bits per heavy atom. The van der Waals surface area contributed by atoms with Crippen LogP contribution in [0.1, 0.15) is 10.6 Å². The van der Waals surface area contributed by atoms with Crippen LogP contribution in [-0.4, -0.2) is 17.9 Å². The van der Waals surface area contributed by atoms with Gasteiger partial charge in [-0.15, -0.1) is 11.3 Å². The van der Waals surface area contributed by atoms with E-state index in [4.69, 9.17) is 11.1 Å². The number of aromatic nitrogens is 1. The molecular weight excluding hydrogens is 232 g/mol. The van der Waals surface area contributed by atoms with E-state index in [0.717, 1.165) is 12.2 Å². The number of pyridine rings is 1. The molecule has 0 amide bonds. The average Bonchev–Trinajstić information content (AvgIpc) is 2.81.